The van der Waals surface area contributed by atoms with Crippen LogP contribution in [0.3, 0.4) is 0 Å². The van der Waals surface area contributed by atoms with Gasteiger partial charge in [0.05, 0.1) is 11.6 Å². The lowest BCUT2D eigenvalue weighted by atomic mass is 9.95. The molecule has 0 bridgehead atoms. The number of hydrogen-bond donors (Lipinski definition) is 0. The summed E-state index contributed by atoms with van der Waals surface area (Å²) in [5, 5.41) is 0. The van der Waals surface area contributed by atoms with E-state index in [0.717, 1.165) is 11.3 Å². The van der Waals surface area contributed by atoms with Crippen LogP contribution in [0.1, 0.15) is 24.8 Å². The van der Waals surface area contributed by atoms with Crippen LogP contribution in [-0.2, 0) is 9.59 Å². The number of fused-ring (bicyclic) bond motifs is 1. The molecule has 1 unspecified atom stereocenters. The van der Waals surface area contributed by atoms with Gasteiger partial charge in [0.15, 0.2) is 0 Å². The fourth-order valence-corrected chi connectivity index (χ4v) is 3.84. The molecule has 0 aromatic heterocycles. The third-order valence-corrected chi connectivity index (χ3v) is 5.47. The van der Waals surface area contributed by atoms with Gasteiger partial charge in [0.2, 0.25) is 11.8 Å². The summed E-state index contributed by atoms with van der Waals surface area (Å²) in [5.74, 6) is -0.701. The number of carbonyl (C=O) groups is 3. The average Bonchev–Trinajstić information content (AvgIpc) is 2.76. The van der Waals surface area contributed by atoms with Gasteiger partial charge in [-0.05, 0) is 30.1 Å². The maximum Gasteiger partial charge on any atom is 0.350 e. The van der Waals surface area contributed by atoms with E-state index >= 15 is 0 Å². The number of benzene rings is 1. The average molecular weight is 389 g/mol. The van der Waals surface area contributed by atoms with E-state index in [2.05, 4.69) is 23.2 Å². The molecule has 1 aromatic rings. The lowest BCUT2D eigenvalue weighted by Gasteiger charge is -2.29. The maximum absolute atomic E-state index is 12.6. The Morgan fingerprint density at radius 1 is 1.14 bits per heavy atom. The van der Waals surface area contributed by atoms with E-state index < -0.39 is 11.9 Å². The van der Waals surface area contributed by atoms with Crippen LogP contribution in [0.15, 0.2) is 65.7 Å². The van der Waals surface area contributed by atoms with Gasteiger partial charge in [-0.15, -0.1) is 0 Å². The SMILES string of the molecule is O=C(CCCN1C(=O)N=C2C=CC=CC2C1=O)N1CC=C(c2ccccc2)CC1. The third kappa shape index (κ3) is 4.11. The number of aliphatic imine (C=N–C) groups is 1. The third-order valence-electron chi connectivity index (χ3n) is 5.47. The molecule has 3 aliphatic rings. The van der Waals surface area contributed by atoms with Gasteiger partial charge in [-0.25, -0.2) is 4.79 Å². The van der Waals surface area contributed by atoms with Crippen LogP contribution < -0.4 is 0 Å². The predicted octanol–water partition coefficient (Wildman–Crippen LogP) is 3.23. The van der Waals surface area contributed by atoms with E-state index in [4.69, 9.17) is 0 Å². The van der Waals surface area contributed by atoms with Crippen molar-refractivity contribution in [2.75, 3.05) is 19.6 Å². The Balaban J connectivity index is 1.29. The maximum atomic E-state index is 12.6. The summed E-state index contributed by atoms with van der Waals surface area (Å²) in [5.41, 5.74) is 2.96. The molecule has 6 heteroatoms. The van der Waals surface area contributed by atoms with Crippen LogP contribution >= 0.6 is 0 Å². The summed E-state index contributed by atoms with van der Waals surface area (Å²) in [6.07, 6.45) is 10.7. The number of nitrogens with zero attached hydrogens (tertiary/aromatic N) is 3. The highest BCUT2D eigenvalue weighted by molar-refractivity contribution is 6.21. The summed E-state index contributed by atoms with van der Waals surface area (Å²) >= 11 is 0. The molecule has 0 N–H and O–H groups in total. The van der Waals surface area contributed by atoms with E-state index in [0.29, 0.717) is 31.6 Å². The van der Waals surface area contributed by atoms with Crippen molar-refractivity contribution in [1.29, 1.82) is 0 Å². The molecule has 0 spiro atoms. The topological polar surface area (TPSA) is 70.0 Å². The Morgan fingerprint density at radius 2 is 1.97 bits per heavy atom. The Bertz CT molecular complexity index is 943. The fraction of sp³-hybridized carbons (Fsp3) is 0.304. The van der Waals surface area contributed by atoms with Crippen molar-refractivity contribution < 1.29 is 14.4 Å². The smallest absolute Gasteiger partial charge is 0.339 e. The first-order valence-electron chi connectivity index (χ1n) is 9.94. The van der Waals surface area contributed by atoms with Crippen LogP contribution in [-0.4, -0.2) is 53.0 Å². The lowest BCUT2D eigenvalue weighted by molar-refractivity contribution is -0.132. The first-order valence-corrected chi connectivity index (χ1v) is 9.94. The number of rotatable bonds is 5. The largest absolute Gasteiger partial charge is 0.350 e. The molecule has 1 aliphatic carbocycles. The Labute approximate surface area is 169 Å². The Morgan fingerprint density at radius 3 is 2.72 bits per heavy atom. The normalized spacial score (nSPS) is 21.0. The highest BCUT2D eigenvalue weighted by Crippen LogP contribution is 2.23. The summed E-state index contributed by atoms with van der Waals surface area (Å²) in [6.45, 7) is 1.50. The molecule has 4 amide bonds. The minimum absolute atomic E-state index is 0.0509. The van der Waals surface area contributed by atoms with Gasteiger partial charge in [0, 0.05) is 26.1 Å². The van der Waals surface area contributed by atoms with E-state index in [1.54, 1.807) is 24.3 Å². The van der Waals surface area contributed by atoms with Gasteiger partial charge >= 0.3 is 6.03 Å². The van der Waals surface area contributed by atoms with Crippen LogP contribution in [0.4, 0.5) is 4.79 Å². The highest BCUT2D eigenvalue weighted by atomic mass is 16.2. The quantitative estimate of drug-likeness (QED) is 0.776. The molecule has 0 saturated heterocycles. The molecule has 0 saturated carbocycles. The van der Waals surface area contributed by atoms with Crippen LogP contribution in [0.25, 0.3) is 5.57 Å². The molecule has 1 aromatic carbocycles. The van der Waals surface area contributed by atoms with Crippen molar-refractivity contribution in [1.82, 2.24) is 9.80 Å². The molecule has 148 valence electrons. The number of amides is 4. The fourth-order valence-electron chi connectivity index (χ4n) is 3.84. The van der Waals surface area contributed by atoms with Crippen molar-refractivity contribution in [2.24, 2.45) is 10.9 Å². The van der Waals surface area contributed by atoms with Crippen LogP contribution in [0.2, 0.25) is 0 Å². The first-order chi connectivity index (χ1) is 14.1. The highest BCUT2D eigenvalue weighted by Gasteiger charge is 2.35. The standard InChI is InChI=1S/C23H23N3O3/c27-21(25-15-12-18(13-16-25)17-7-2-1-3-8-17)11-6-14-26-22(28)19-9-4-5-10-20(19)24-23(26)29/h1-5,7-10,12,19H,6,11,13-16H2. The molecule has 1 atom stereocenters. The zero-order chi connectivity index (χ0) is 20.2. The van der Waals surface area contributed by atoms with Crippen LogP contribution in [0.5, 0.6) is 0 Å². The number of carbonyl (C=O) groups excluding carboxylic acids is 3. The molecule has 0 fully saturated rings. The molecular formula is C23H23N3O3. The number of allylic oxidation sites excluding steroid dienone is 3. The van der Waals surface area contributed by atoms with Gasteiger partial charge in [0.1, 0.15) is 0 Å². The zero-order valence-electron chi connectivity index (χ0n) is 16.2. The van der Waals surface area contributed by atoms with E-state index in [1.807, 2.05) is 23.1 Å². The molecule has 6 nitrogen and oxygen atoms in total. The molecule has 4 rings (SSSR count). The lowest BCUT2D eigenvalue weighted by Crippen LogP contribution is -2.46. The monoisotopic (exact) mass is 389 g/mol. The predicted molar refractivity (Wildman–Crippen MR) is 111 cm³/mol. The second-order valence-corrected chi connectivity index (χ2v) is 7.32. The number of urea groups is 1. The molecular weight excluding hydrogens is 366 g/mol. The molecule has 0 radical (unpaired) electrons. The van der Waals surface area contributed by atoms with Gasteiger partial charge in [-0.3, -0.25) is 14.5 Å². The van der Waals surface area contributed by atoms with Crippen molar-refractivity contribution in [2.45, 2.75) is 19.3 Å². The van der Waals surface area contributed by atoms with Gasteiger partial charge < -0.3 is 4.90 Å². The van der Waals surface area contributed by atoms with Crippen molar-refractivity contribution in [3.63, 3.8) is 0 Å². The summed E-state index contributed by atoms with van der Waals surface area (Å²) in [4.78, 5) is 44.2. The second kappa shape index (κ2) is 8.39. The minimum Gasteiger partial charge on any atom is -0.339 e. The van der Waals surface area contributed by atoms with Crippen molar-refractivity contribution >= 4 is 29.1 Å². The van der Waals surface area contributed by atoms with Crippen molar-refractivity contribution in [3.8, 4) is 0 Å². The molecule has 29 heavy (non-hydrogen) atoms. The van der Waals surface area contributed by atoms with E-state index in [1.165, 1.54) is 11.1 Å². The Kier molecular flexibility index (Phi) is 5.51. The second-order valence-electron chi connectivity index (χ2n) is 7.32. The molecule has 2 aliphatic heterocycles. The number of imide groups is 1. The van der Waals surface area contributed by atoms with E-state index in [-0.39, 0.29) is 18.4 Å². The van der Waals surface area contributed by atoms with Gasteiger partial charge in [-0.1, -0.05) is 54.6 Å². The summed E-state index contributed by atoms with van der Waals surface area (Å²) < 4.78 is 0. The zero-order valence-corrected chi connectivity index (χ0v) is 16.2. The molecule has 2 heterocycles. The van der Waals surface area contributed by atoms with Gasteiger partial charge in [0.25, 0.3) is 0 Å². The van der Waals surface area contributed by atoms with Gasteiger partial charge in [-0.2, -0.15) is 4.99 Å². The Hall–Kier alpha value is -3.28. The minimum atomic E-state index is -0.540. The van der Waals surface area contributed by atoms with E-state index in [9.17, 15) is 14.4 Å². The summed E-state index contributed by atoms with van der Waals surface area (Å²) in [6, 6.07) is 9.66. The first kappa shape index (κ1) is 19.1. The van der Waals surface area contributed by atoms with Crippen molar-refractivity contribution in [3.05, 3.63) is 66.3 Å². The van der Waals surface area contributed by atoms with Crippen LogP contribution in [0, 0.1) is 5.92 Å². The summed E-state index contributed by atoms with van der Waals surface area (Å²) in [7, 11) is 0. The number of hydrogen-bond acceptors (Lipinski definition) is 3.